The van der Waals surface area contributed by atoms with Gasteiger partial charge < -0.3 is 9.88 Å². The Balaban J connectivity index is 1.49. The number of nitrogens with one attached hydrogen (secondary N) is 1. The highest BCUT2D eigenvalue weighted by atomic mass is 32.1. The van der Waals surface area contributed by atoms with E-state index < -0.39 is 0 Å². The minimum Gasteiger partial charge on any atom is -0.342 e. The molecule has 1 amide bonds. The van der Waals surface area contributed by atoms with Crippen molar-refractivity contribution in [3.8, 4) is 0 Å². The van der Waals surface area contributed by atoms with Gasteiger partial charge in [0.25, 0.3) is 0 Å². The van der Waals surface area contributed by atoms with Gasteiger partial charge in [0.05, 0.1) is 17.5 Å². The van der Waals surface area contributed by atoms with Gasteiger partial charge in [-0.1, -0.05) is 12.1 Å². The summed E-state index contributed by atoms with van der Waals surface area (Å²) in [5, 5.41) is 4.08. The van der Waals surface area contributed by atoms with E-state index in [1.54, 1.807) is 11.3 Å². The first-order valence-corrected chi connectivity index (χ1v) is 8.97. The minimum absolute atomic E-state index is 0.226. The first kappa shape index (κ1) is 14.5. The van der Waals surface area contributed by atoms with Crippen LogP contribution in [0, 0.1) is 0 Å². The molecule has 23 heavy (non-hydrogen) atoms. The molecular formula is C18H19N3OS. The standard InChI is InChI=1S/C18H19N3OS/c22-17(10-13-7-9-23-12-13)21-8-3-4-14(11-21)18-19-15-5-1-2-6-16(15)20-18/h1-2,5-7,9,12,14H,3-4,8,10-11H2,(H,19,20)/t14-/m0/s1. The van der Waals surface area contributed by atoms with Crippen molar-refractivity contribution in [2.75, 3.05) is 13.1 Å². The van der Waals surface area contributed by atoms with Crippen LogP contribution in [-0.2, 0) is 11.2 Å². The summed E-state index contributed by atoms with van der Waals surface area (Å²) in [6.07, 6.45) is 2.63. The molecule has 0 bridgehead atoms. The van der Waals surface area contributed by atoms with Crippen LogP contribution in [-0.4, -0.2) is 33.9 Å². The number of benzene rings is 1. The number of H-pyrrole nitrogens is 1. The smallest absolute Gasteiger partial charge is 0.227 e. The van der Waals surface area contributed by atoms with Crippen LogP contribution in [0.5, 0.6) is 0 Å². The van der Waals surface area contributed by atoms with Crippen molar-refractivity contribution in [3.63, 3.8) is 0 Å². The molecule has 1 aliphatic heterocycles. The molecule has 0 saturated carbocycles. The number of hydrogen-bond donors (Lipinski definition) is 1. The Morgan fingerprint density at radius 1 is 1.35 bits per heavy atom. The number of fused-ring (bicyclic) bond motifs is 1. The van der Waals surface area contributed by atoms with Crippen LogP contribution in [0.3, 0.4) is 0 Å². The lowest BCUT2D eigenvalue weighted by Crippen LogP contribution is -2.40. The quantitative estimate of drug-likeness (QED) is 0.800. The first-order valence-electron chi connectivity index (χ1n) is 8.03. The van der Waals surface area contributed by atoms with Gasteiger partial charge in [-0.15, -0.1) is 0 Å². The summed E-state index contributed by atoms with van der Waals surface area (Å²) in [5.74, 6) is 1.55. The van der Waals surface area contributed by atoms with E-state index in [-0.39, 0.29) is 5.91 Å². The first-order chi connectivity index (χ1) is 11.3. The Kier molecular flexibility index (Phi) is 3.87. The van der Waals surface area contributed by atoms with Crippen molar-refractivity contribution in [2.45, 2.75) is 25.2 Å². The van der Waals surface area contributed by atoms with E-state index in [9.17, 15) is 4.79 Å². The number of likely N-dealkylation sites (tertiary alicyclic amines) is 1. The molecule has 1 saturated heterocycles. The normalized spacial score (nSPS) is 18.4. The molecule has 1 fully saturated rings. The summed E-state index contributed by atoms with van der Waals surface area (Å²) < 4.78 is 0. The number of amides is 1. The molecule has 0 aliphatic carbocycles. The molecule has 0 radical (unpaired) electrons. The second-order valence-corrected chi connectivity index (χ2v) is 6.91. The highest BCUT2D eigenvalue weighted by Crippen LogP contribution is 2.27. The average molecular weight is 325 g/mol. The Labute approximate surface area is 139 Å². The van der Waals surface area contributed by atoms with Crippen LogP contribution in [0.4, 0.5) is 0 Å². The number of hydrogen-bond acceptors (Lipinski definition) is 3. The lowest BCUT2D eigenvalue weighted by Gasteiger charge is -2.32. The van der Waals surface area contributed by atoms with Gasteiger partial charge in [-0.25, -0.2) is 4.98 Å². The van der Waals surface area contributed by atoms with E-state index in [1.165, 1.54) is 0 Å². The maximum atomic E-state index is 12.5. The van der Waals surface area contributed by atoms with Gasteiger partial charge in [0, 0.05) is 19.0 Å². The molecule has 0 spiro atoms. The molecule has 1 atom stereocenters. The Hall–Kier alpha value is -2.14. The van der Waals surface area contributed by atoms with Crippen molar-refractivity contribution < 1.29 is 4.79 Å². The zero-order chi connectivity index (χ0) is 15.6. The zero-order valence-electron chi connectivity index (χ0n) is 12.9. The lowest BCUT2D eigenvalue weighted by molar-refractivity contribution is -0.131. The van der Waals surface area contributed by atoms with Crippen LogP contribution >= 0.6 is 11.3 Å². The predicted molar refractivity (Wildman–Crippen MR) is 92.7 cm³/mol. The number of nitrogens with zero attached hydrogens (tertiary/aromatic N) is 2. The Bertz CT molecular complexity index is 776. The number of aromatic nitrogens is 2. The lowest BCUT2D eigenvalue weighted by atomic mass is 9.97. The number of aromatic amines is 1. The predicted octanol–water partition coefficient (Wildman–Crippen LogP) is 3.57. The van der Waals surface area contributed by atoms with Crippen molar-refractivity contribution in [2.24, 2.45) is 0 Å². The van der Waals surface area contributed by atoms with Crippen LogP contribution < -0.4 is 0 Å². The summed E-state index contributed by atoms with van der Waals surface area (Å²) in [6, 6.07) is 10.1. The maximum absolute atomic E-state index is 12.5. The van der Waals surface area contributed by atoms with Gasteiger partial charge >= 0.3 is 0 Å². The number of piperidine rings is 1. The molecule has 2 aromatic heterocycles. The molecule has 3 aromatic rings. The third-order valence-electron chi connectivity index (χ3n) is 4.50. The minimum atomic E-state index is 0.226. The topological polar surface area (TPSA) is 49.0 Å². The van der Waals surface area contributed by atoms with Gasteiger partial charge in [-0.05, 0) is 47.4 Å². The molecule has 118 valence electrons. The fraction of sp³-hybridized carbons (Fsp3) is 0.333. The van der Waals surface area contributed by atoms with Gasteiger partial charge in [-0.3, -0.25) is 4.79 Å². The highest BCUT2D eigenvalue weighted by molar-refractivity contribution is 7.08. The fourth-order valence-corrected chi connectivity index (χ4v) is 3.94. The summed E-state index contributed by atoms with van der Waals surface area (Å²) in [5.41, 5.74) is 3.19. The Morgan fingerprint density at radius 3 is 3.09 bits per heavy atom. The van der Waals surface area contributed by atoms with Crippen molar-refractivity contribution in [1.29, 1.82) is 0 Å². The van der Waals surface area contributed by atoms with Crippen LogP contribution in [0.2, 0.25) is 0 Å². The van der Waals surface area contributed by atoms with Gasteiger partial charge in [0.2, 0.25) is 5.91 Å². The van der Waals surface area contributed by atoms with E-state index in [4.69, 9.17) is 4.98 Å². The van der Waals surface area contributed by atoms with Crippen molar-refractivity contribution in [3.05, 3.63) is 52.5 Å². The summed E-state index contributed by atoms with van der Waals surface area (Å²) in [4.78, 5) is 22.7. The molecule has 4 rings (SSSR count). The molecule has 5 heteroatoms. The average Bonchev–Trinajstić information content (AvgIpc) is 3.24. The van der Waals surface area contributed by atoms with Crippen LogP contribution in [0.15, 0.2) is 41.1 Å². The van der Waals surface area contributed by atoms with E-state index >= 15 is 0 Å². The van der Waals surface area contributed by atoms with Gasteiger partial charge in [0.15, 0.2) is 0 Å². The maximum Gasteiger partial charge on any atom is 0.227 e. The molecule has 3 heterocycles. The van der Waals surface area contributed by atoms with E-state index in [2.05, 4.69) is 10.4 Å². The zero-order valence-corrected chi connectivity index (χ0v) is 13.7. The van der Waals surface area contributed by atoms with Crippen LogP contribution in [0.1, 0.15) is 30.1 Å². The summed E-state index contributed by atoms with van der Waals surface area (Å²) in [6.45, 7) is 1.63. The van der Waals surface area contributed by atoms with Gasteiger partial charge in [0.1, 0.15) is 5.82 Å². The monoisotopic (exact) mass is 325 g/mol. The summed E-state index contributed by atoms with van der Waals surface area (Å²) >= 11 is 1.64. The second-order valence-electron chi connectivity index (χ2n) is 6.13. The number of para-hydroxylation sites is 2. The molecular weight excluding hydrogens is 306 g/mol. The van der Waals surface area contributed by atoms with E-state index in [1.807, 2.05) is 40.6 Å². The SMILES string of the molecule is O=C(Cc1ccsc1)N1CCC[C@H](c2nc3ccccc3[nH]2)C1. The highest BCUT2D eigenvalue weighted by Gasteiger charge is 2.26. The number of thiophene rings is 1. The third kappa shape index (κ3) is 3.01. The second kappa shape index (κ2) is 6.16. The number of carbonyl (C=O) groups excluding carboxylic acids is 1. The number of rotatable bonds is 3. The number of imidazole rings is 1. The van der Waals surface area contributed by atoms with E-state index in [0.717, 1.165) is 48.4 Å². The van der Waals surface area contributed by atoms with Gasteiger partial charge in [-0.2, -0.15) is 11.3 Å². The van der Waals surface area contributed by atoms with Crippen molar-refractivity contribution in [1.82, 2.24) is 14.9 Å². The third-order valence-corrected chi connectivity index (χ3v) is 5.24. The molecule has 0 unspecified atom stereocenters. The molecule has 1 aromatic carbocycles. The van der Waals surface area contributed by atoms with Crippen LogP contribution in [0.25, 0.3) is 11.0 Å². The van der Waals surface area contributed by atoms with Crippen molar-refractivity contribution >= 4 is 28.3 Å². The largest absolute Gasteiger partial charge is 0.342 e. The summed E-state index contributed by atoms with van der Waals surface area (Å²) in [7, 11) is 0. The fourth-order valence-electron chi connectivity index (χ4n) is 3.27. The number of carbonyl (C=O) groups is 1. The Morgan fingerprint density at radius 2 is 2.26 bits per heavy atom. The van der Waals surface area contributed by atoms with E-state index in [0.29, 0.717) is 12.3 Å². The molecule has 1 N–H and O–H groups in total. The molecule has 1 aliphatic rings. The molecule has 4 nitrogen and oxygen atoms in total.